The van der Waals surface area contributed by atoms with Crippen LogP contribution in [0.1, 0.15) is 11.3 Å². The van der Waals surface area contributed by atoms with Gasteiger partial charge in [0.15, 0.2) is 0 Å². The summed E-state index contributed by atoms with van der Waals surface area (Å²) in [5.41, 5.74) is 1.39. The number of carbonyl (C=O) groups is 1. The fourth-order valence-corrected chi connectivity index (χ4v) is 4.11. The van der Waals surface area contributed by atoms with Gasteiger partial charge < -0.3 is 14.5 Å². The zero-order valence-corrected chi connectivity index (χ0v) is 17.0. The molecule has 0 unspecified atom stereocenters. The van der Waals surface area contributed by atoms with Crippen molar-refractivity contribution in [3.05, 3.63) is 78.3 Å². The third kappa shape index (κ3) is 4.97. The number of benzene rings is 2. The van der Waals surface area contributed by atoms with Crippen molar-refractivity contribution in [3.63, 3.8) is 0 Å². The Morgan fingerprint density at radius 1 is 1.07 bits per heavy atom. The predicted molar refractivity (Wildman–Crippen MR) is 109 cm³/mol. The van der Waals surface area contributed by atoms with Gasteiger partial charge in [-0.25, -0.2) is 8.42 Å². The molecule has 0 aliphatic carbocycles. The van der Waals surface area contributed by atoms with Crippen molar-refractivity contribution in [1.82, 2.24) is 5.32 Å². The quantitative estimate of drug-likeness (QED) is 0.612. The minimum absolute atomic E-state index is 0.0673. The van der Waals surface area contributed by atoms with E-state index in [2.05, 4.69) is 5.32 Å². The predicted octanol–water partition coefficient (Wildman–Crippen LogP) is 3.11. The molecule has 3 aromatic rings. The van der Waals surface area contributed by atoms with E-state index in [0.717, 1.165) is 9.87 Å². The standard InChI is InChI=1S/C21H22N2O5S/c1-16-5-7-17(8-6-16)23(15-21(24)22-14-19-4-3-13-28-19)29(25,26)20-11-9-18(27-2)10-12-20/h3-13H,14-15H2,1-2H3,(H,22,24). The molecule has 1 heterocycles. The molecule has 0 bridgehead atoms. The van der Waals surface area contributed by atoms with E-state index in [0.29, 0.717) is 17.2 Å². The van der Waals surface area contributed by atoms with E-state index in [9.17, 15) is 13.2 Å². The summed E-state index contributed by atoms with van der Waals surface area (Å²) in [5.74, 6) is 0.680. The lowest BCUT2D eigenvalue weighted by molar-refractivity contribution is -0.119. The largest absolute Gasteiger partial charge is 0.497 e. The molecule has 0 radical (unpaired) electrons. The Balaban J connectivity index is 1.87. The van der Waals surface area contributed by atoms with E-state index in [1.807, 2.05) is 6.92 Å². The van der Waals surface area contributed by atoms with Crippen LogP contribution in [0.2, 0.25) is 0 Å². The summed E-state index contributed by atoms with van der Waals surface area (Å²) >= 11 is 0. The smallest absolute Gasteiger partial charge is 0.264 e. The van der Waals surface area contributed by atoms with Gasteiger partial charge >= 0.3 is 0 Å². The number of hydrogen-bond donors (Lipinski definition) is 1. The first-order valence-electron chi connectivity index (χ1n) is 8.92. The number of ether oxygens (including phenoxy) is 1. The number of sulfonamides is 1. The highest BCUT2D eigenvalue weighted by atomic mass is 32.2. The highest BCUT2D eigenvalue weighted by molar-refractivity contribution is 7.92. The summed E-state index contributed by atoms with van der Waals surface area (Å²) in [6.45, 7) is 1.72. The second-order valence-corrected chi connectivity index (χ2v) is 8.24. The Labute approximate surface area is 170 Å². The van der Waals surface area contributed by atoms with Crippen LogP contribution < -0.4 is 14.4 Å². The Morgan fingerprint density at radius 2 is 1.76 bits per heavy atom. The zero-order chi connectivity index (χ0) is 20.9. The number of aryl methyl sites for hydroxylation is 1. The van der Waals surface area contributed by atoms with Crippen LogP contribution in [0.5, 0.6) is 5.75 Å². The Hall–Kier alpha value is -3.26. The normalized spacial score (nSPS) is 11.1. The van der Waals surface area contributed by atoms with Crippen molar-refractivity contribution < 1.29 is 22.4 Å². The summed E-state index contributed by atoms with van der Waals surface area (Å²) in [7, 11) is -2.46. The average molecular weight is 414 g/mol. The molecule has 0 aliphatic rings. The van der Waals surface area contributed by atoms with Gasteiger partial charge in [0.2, 0.25) is 5.91 Å². The van der Waals surface area contributed by atoms with Crippen LogP contribution in [0.25, 0.3) is 0 Å². The van der Waals surface area contributed by atoms with Crippen LogP contribution in [-0.4, -0.2) is 28.0 Å². The fraction of sp³-hybridized carbons (Fsp3) is 0.190. The molecule has 0 fully saturated rings. The van der Waals surface area contributed by atoms with Gasteiger partial charge in [-0.15, -0.1) is 0 Å². The molecule has 0 saturated heterocycles. The van der Waals surface area contributed by atoms with E-state index in [-0.39, 0.29) is 18.0 Å². The van der Waals surface area contributed by atoms with E-state index < -0.39 is 15.9 Å². The van der Waals surface area contributed by atoms with Crippen molar-refractivity contribution in [2.75, 3.05) is 18.0 Å². The van der Waals surface area contributed by atoms with Gasteiger partial charge in [-0.05, 0) is 55.5 Å². The lowest BCUT2D eigenvalue weighted by Crippen LogP contribution is -2.40. The minimum Gasteiger partial charge on any atom is -0.497 e. The first kappa shape index (κ1) is 20.5. The van der Waals surface area contributed by atoms with Crippen LogP contribution in [0, 0.1) is 6.92 Å². The van der Waals surface area contributed by atoms with E-state index in [1.165, 1.54) is 25.5 Å². The first-order valence-corrected chi connectivity index (χ1v) is 10.4. The molecule has 29 heavy (non-hydrogen) atoms. The number of anilines is 1. The van der Waals surface area contributed by atoms with Gasteiger partial charge in [0.1, 0.15) is 18.1 Å². The van der Waals surface area contributed by atoms with E-state index in [4.69, 9.17) is 9.15 Å². The highest BCUT2D eigenvalue weighted by Crippen LogP contribution is 2.25. The molecular formula is C21H22N2O5S. The van der Waals surface area contributed by atoms with Crippen LogP contribution in [0.3, 0.4) is 0 Å². The van der Waals surface area contributed by atoms with Crippen LogP contribution in [-0.2, 0) is 21.4 Å². The molecule has 0 saturated carbocycles. The SMILES string of the molecule is COc1ccc(S(=O)(=O)N(CC(=O)NCc2ccco2)c2ccc(C)cc2)cc1. The van der Waals surface area contributed by atoms with Gasteiger partial charge in [0.25, 0.3) is 10.0 Å². The lowest BCUT2D eigenvalue weighted by atomic mass is 10.2. The van der Waals surface area contributed by atoms with Crippen molar-refractivity contribution >= 4 is 21.6 Å². The molecular weight excluding hydrogens is 392 g/mol. The number of nitrogens with one attached hydrogen (secondary N) is 1. The molecule has 3 rings (SSSR count). The van der Waals surface area contributed by atoms with Gasteiger partial charge in [0.05, 0.1) is 30.5 Å². The molecule has 0 atom stereocenters. The molecule has 0 spiro atoms. The van der Waals surface area contributed by atoms with Gasteiger partial charge in [-0.2, -0.15) is 0 Å². The monoisotopic (exact) mass is 414 g/mol. The Morgan fingerprint density at radius 3 is 2.34 bits per heavy atom. The van der Waals surface area contributed by atoms with Gasteiger partial charge in [-0.1, -0.05) is 17.7 Å². The second-order valence-electron chi connectivity index (χ2n) is 6.38. The summed E-state index contributed by atoms with van der Waals surface area (Å²) in [6.07, 6.45) is 1.51. The Kier molecular flexibility index (Phi) is 6.23. The molecule has 2 aromatic carbocycles. The van der Waals surface area contributed by atoms with E-state index in [1.54, 1.807) is 48.5 Å². The maximum Gasteiger partial charge on any atom is 0.264 e. The van der Waals surface area contributed by atoms with Gasteiger partial charge in [-0.3, -0.25) is 9.10 Å². The molecule has 1 N–H and O–H groups in total. The summed E-state index contributed by atoms with van der Waals surface area (Å²) in [4.78, 5) is 12.6. The molecule has 0 aliphatic heterocycles. The summed E-state index contributed by atoms with van der Waals surface area (Å²) < 4.78 is 37.9. The summed E-state index contributed by atoms with van der Waals surface area (Å²) in [6, 6.07) is 16.4. The maximum atomic E-state index is 13.3. The number of hydrogen-bond acceptors (Lipinski definition) is 5. The molecule has 7 nitrogen and oxygen atoms in total. The van der Waals surface area contributed by atoms with Crippen LogP contribution >= 0.6 is 0 Å². The zero-order valence-electron chi connectivity index (χ0n) is 16.2. The topological polar surface area (TPSA) is 88.9 Å². The van der Waals surface area contributed by atoms with Crippen molar-refractivity contribution in [1.29, 1.82) is 0 Å². The number of furan rings is 1. The number of carbonyl (C=O) groups excluding carboxylic acids is 1. The number of amides is 1. The maximum absolute atomic E-state index is 13.3. The molecule has 1 amide bonds. The Bertz CT molecular complexity index is 1040. The van der Waals surface area contributed by atoms with Crippen molar-refractivity contribution in [3.8, 4) is 5.75 Å². The van der Waals surface area contributed by atoms with E-state index >= 15 is 0 Å². The average Bonchev–Trinajstić information content (AvgIpc) is 3.25. The van der Waals surface area contributed by atoms with Gasteiger partial charge in [0, 0.05) is 0 Å². The van der Waals surface area contributed by atoms with Crippen molar-refractivity contribution in [2.45, 2.75) is 18.4 Å². The highest BCUT2D eigenvalue weighted by Gasteiger charge is 2.27. The third-order valence-corrected chi connectivity index (χ3v) is 6.08. The molecule has 152 valence electrons. The molecule has 1 aromatic heterocycles. The first-order chi connectivity index (χ1) is 13.9. The lowest BCUT2D eigenvalue weighted by Gasteiger charge is -2.24. The number of rotatable bonds is 8. The minimum atomic E-state index is -3.97. The fourth-order valence-electron chi connectivity index (χ4n) is 2.69. The van der Waals surface area contributed by atoms with Crippen molar-refractivity contribution in [2.24, 2.45) is 0 Å². The molecule has 8 heteroatoms. The van der Waals surface area contributed by atoms with Crippen LogP contribution in [0.15, 0.2) is 76.2 Å². The number of nitrogens with zero attached hydrogens (tertiary/aromatic N) is 1. The van der Waals surface area contributed by atoms with Crippen LogP contribution in [0.4, 0.5) is 5.69 Å². The third-order valence-electron chi connectivity index (χ3n) is 4.30. The number of methoxy groups -OCH3 is 1. The summed E-state index contributed by atoms with van der Waals surface area (Å²) in [5, 5.41) is 2.68. The second kappa shape index (κ2) is 8.83.